The maximum atomic E-state index is 12.4. The van der Waals surface area contributed by atoms with Crippen LogP contribution in [0.25, 0.3) is 10.8 Å². The summed E-state index contributed by atoms with van der Waals surface area (Å²) in [6, 6.07) is 11.9. The molecule has 0 heterocycles. The van der Waals surface area contributed by atoms with Crippen LogP contribution in [0.15, 0.2) is 64.4 Å². The number of carbonyl (C=O) groups is 1. The molecule has 0 saturated heterocycles. The van der Waals surface area contributed by atoms with Crippen molar-refractivity contribution in [1.82, 2.24) is 0 Å². The predicted octanol–water partition coefficient (Wildman–Crippen LogP) is 2.29. The second-order valence-corrected chi connectivity index (χ2v) is 8.50. The zero-order valence-corrected chi connectivity index (χ0v) is 15.5. The maximum absolute atomic E-state index is 12.4. The SMILES string of the molecule is O=C(Nc1c(S(=O)(=O)O)cc2c(S(=O)(=O)O)cccc2c1O)c1ccccc1. The van der Waals surface area contributed by atoms with Crippen LogP contribution in [0.5, 0.6) is 5.75 Å². The van der Waals surface area contributed by atoms with Crippen LogP contribution in [0.1, 0.15) is 10.4 Å². The van der Waals surface area contributed by atoms with E-state index in [1.807, 2.05) is 0 Å². The van der Waals surface area contributed by atoms with E-state index in [4.69, 9.17) is 0 Å². The Hall–Kier alpha value is -2.99. The van der Waals surface area contributed by atoms with Gasteiger partial charge in [-0.2, -0.15) is 16.8 Å². The van der Waals surface area contributed by atoms with Crippen LogP contribution in [-0.4, -0.2) is 37.0 Å². The summed E-state index contributed by atoms with van der Waals surface area (Å²) in [5, 5.41) is 12.2. The monoisotopic (exact) mass is 423 g/mol. The summed E-state index contributed by atoms with van der Waals surface area (Å²) in [7, 11) is -9.75. The van der Waals surface area contributed by atoms with Gasteiger partial charge >= 0.3 is 0 Å². The summed E-state index contributed by atoms with van der Waals surface area (Å²) in [5.41, 5.74) is -0.480. The molecule has 0 fully saturated rings. The van der Waals surface area contributed by atoms with Gasteiger partial charge in [-0.25, -0.2) is 0 Å². The van der Waals surface area contributed by atoms with Gasteiger partial charge in [-0.1, -0.05) is 30.3 Å². The molecule has 146 valence electrons. The molecular weight excluding hydrogens is 410 g/mol. The highest BCUT2D eigenvalue weighted by Gasteiger charge is 2.26. The molecule has 1 amide bonds. The lowest BCUT2D eigenvalue weighted by atomic mass is 10.1. The normalized spacial score (nSPS) is 12.1. The largest absolute Gasteiger partial charge is 0.505 e. The van der Waals surface area contributed by atoms with Crippen LogP contribution in [0, 0.1) is 0 Å². The van der Waals surface area contributed by atoms with Crippen LogP contribution in [-0.2, 0) is 20.2 Å². The molecule has 0 aliphatic rings. The van der Waals surface area contributed by atoms with Crippen molar-refractivity contribution >= 4 is 42.6 Å². The van der Waals surface area contributed by atoms with E-state index in [0.29, 0.717) is 0 Å². The van der Waals surface area contributed by atoms with E-state index in [0.717, 1.165) is 12.1 Å². The fourth-order valence-corrected chi connectivity index (χ4v) is 4.05. The summed E-state index contributed by atoms with van der Waals surface area (Å²) in [5.74, 6) is -1.56. The minimum atomic E-state index is -4.99. The van der Waals surface area contributed by atoms with Gasteiger partial charge in [-0.05, 0) is 24.3 Å². The molecule has 28 heavy (non-hydrogen) atoms. The number of nitrogens with one attached hydrogen (secondary N) is 1. The van der Waals surface area contributed by atoms with Gasteiger partial charge in [-0.15, -0.1) is 0 Å². The molecule has 11 heteroatoms. The van der Waals surface area contributed by atoms with Crippen LogP contribution >= 0.6 is 0 Å². The Morgan fingerprint density at radius 2 is 1.39 bits per heavy atom. The number of anilines is 1. The summed E-state index contributed by atoms with van der Waals surface area (Å²) in [6.07, 6.45) is 0. The first-order chi connectivity index (χ1) is 13.0. The lowest BCUT2D eigenvalue weighted by Crippen LogP contribution is -2.15. The van der Waals surface area contributed by atoms with E-state index in [1.165, 1.54) is 24.3 Å². The average Bonchev–Trinajstić information content (AvgIpc) is 2.62. The van der Waals surface area contributed by atoms with Crippen molar-refractivity contribution in [3.63, 3.8) is 0 Å². The van der Waals surface area contributed by atoms with Gasteiger partial charge in [0.25, 0.3) is 26.1 Å². The van der Waals surface area contributed by atoms with Gasteiger partial charge in [0, 0.05) is 16.3 Å². The maximum Gasteiger partial charge on any atom is 0.296 e. The highest BCUT2D eigenvalue weighted by atomic mass is 32.2. The third-order valence-electron chi connectivity index (χ3n) is 3.91. The third kappa shape index (κ3) is 3.68. The van der Waals surface area contributed by atoms with Crippen molar-refractivity contribution in [2.75, 3.05) is 5.32 Å². The van der Waals surface area contributed by atoms with Gasteiger partial charge in [-0.3, -0.25) is 13.9 Å². The molecule has 0 bridgehead atoms. The van der Waals surface area contributed by atoms with E-state index >= 15 is 0 Å². The quantitative estimate of drug-likeness (QED) is 0.367. The van der Waals surface area contributed by atoms with Crippen molar-refractivity contribution in [3.8, 4) is 5.75 Å². The van der Waals surface area contributed by atoms with Gasteiger partial charge in [0.1, 0.15) is 21.2 Å². The highest BCUT2D eigenvalue weighted by Crippen LogP contribution is 2.40. The molecule has 0 aromatic heterocycles. The molecule has 0 spiro atoms. The minimum absolute atomic E-state index is 0.148. The number of carbonyl (C=O) groups excluding carboxylic acids is 1. The van der Waals surface area contributed by atoms with Crippen LogP contribution in [0.2, 0.25) is 0 Å². The smallest absolute Gasteiger partial charge is 0.296 e. The standard InChI is InChI=1S/C17H13NO8S2/c19-16-11-7-4-8-13(27(21,22)23)12(11)9-14(28(24,25)26)15(16)18-17(20)10-5-2-1-3-6-10/h1-9,19H,(H,18,20)(H,21,22,23)(H,24,25,26). The summed E-state index contributed by atoms with van der Waals surface area (Å²) in [4.78, 5) is 10.8. The van der Waals surface area contributed by atoms with Crippen molar-refractivity contribution < 1.29 is 35.8 Å². The van der Waals surface area contributed by atoms with E-state index in [-0.39, 0.29) is 16.3 Å². The summed E-state index contributed by atoms with van der Waals surface area (Å²) < 4.78 is 65.6. The van der Waals surface area contributed by atoms with Gasteiger partial charge < -0.3 is 10.4 Å². The Labute approximate surface area is 159 Å². The average molecular weight is 423 g/mol. The second-order valence-electron chi connectivity index (χ2n) is 5.72. The van der Waals surface area contributed by atoms with Gasteiger partial charge in [0.2, 0.25) is 0 Å². The Bertz CT molecular complexity index is 1300. The van der Waals surface area contributed by atoms with Crippen molar-refractivity contribution in [1.29, 1.82) is 0 Å². The number of phenolic OH excluding ortho intramolecular Hbond substituents is 1. The molecule has 0 saturated carbocycles. The fourth-order valence-electron chi connectivity index (χ4n) is 2.68. The first-order valence-electron chi connectivity index (χ1n) is 7.60. The zero-order valence-electron chi connectivity index (χ0n) is 13.9. The third-order valence-corrected chi connectivity index (χ3v) is 5.70. The van der Waals surface area contributed by atoms with Crippen LogP contribution in [0.4, 0.5) is 5.69 Å². The molecule has 0 aliphatic heterocycles. The van der Waals surface area contributed by atoms with Crippen LogP contribution in [0.3, 0.4) is 0 Å². The van der Waals surface area contributed by atoms with E-state index < -0.39 is 47.4 Å². The number of benzene rings is 3. The first kappa shape index (κ1) is 19.8. The van der Waals surface area contributed by atoms with E-state index in [1.54, 1.807) is 18.2 Å². The predicted molar refractivity (Wildman–Crippen MR) is 99.6 cm³/mol. The Balaban J connectivity index is 2.31. The van der Waals surface area contributed by atoms with Gasteiger partial charge in [0.15, 0.2) is 0 Å². The number of phenols is 1. The lowest BCUT2D eigenvalue weighted by Gasteiger charge is -2.15. The van der Waals surface area contributed by atoms with Gasteiger partial charge in [0.05, 0.1) is 0 Å². The molecule has 0 unspecified atom stereocenters. The summed E-state index contributed by atoms with van der Waals surface area (Å²) in [6.45, 7) is 0. The number of amides is 1. The number of aromatic hydroxyl groups is 1. The van der Waals surface area contributed by atoms with Crippen molar-refractivity contribution in [2.45, 2.75) is 9.79 Å². The first-order valence-corrected chi connectivity index (χ1v) is 10.5. The van der Waals surface area contributed by atoms with E-state index in [9.17, 15) is 35.8 Å². The number of hydrogen-bond donors (Lipinski definition) is 4. The number of rotatable bonds is 4. The lowest BCUT2D eigenvalue weighted by molar-refractivity contribution is 0.102. The second kappa shape index (κ2) is 6.87. The summed E-state index contributed by atoms with van der Waals surface area (Å²) >= 11 is 0. The molecule has 0 radical (unpaired) electrons. The number of hydrogen-bond acceptors (Lipinski definition) is 6. The molecule has 3 rings (SSSR count). The molecule has 4 N–H and O–H groups in total. The van der Waals surface area contributed by atoms with Crippen molar-refractivity contribution in [2.24, 2.45) is 0 Å². The zero-order chi connectivity index (χ0) is 20.7. The molecule has 3 aromatic rings. The van der Waals surface area contributed by atoms with Crippen molar-refractivity contribution in [3.05, 3.63) is 60.2 Å². The fraction of sp³-hybridized carbons (Fsp3) is 0. The molecular formula is C17H13NO8S2. The highest BCUT2D eigenvalue weighted by molar-refractivity contribution is 7.86. The van der Waals surface area contributed by atoms with Crippen LogP contribution < -0.4 is 5.32 Å². The Kier molecular flexibility index (Phi) is 4.85. The minimum Gasteiger partial charge on any atom is -0.505 e. The Morgan fingerprint density at radius 3 is 1.96 bits per heavy atom. The topological polar surface area (TPSA) is 158 Å². The molecule has 0 aliphatic carbocycles. The molecule has 9 nitrogen and oxygen atoms in total. The molecule has 3 aromatic carbocycles. The Morgan fingerprint density at radius 1 is 0.786 bits per heavy atom. The van der Waals surface area contributed by atoms with E-state index in [2.05, 4.69) is 5.32 Å². The molecule has 0 atom stereocenters. The number of fused-ring (bicyclic) bond motifs is 1.